The molecule has 1 unspecified atom stereocenters. The Kier molecular flexibility index (Phi) is 8.21. The van der Waals surface area contributed by atoms with Crippen molar-refractivity contribution < 1.29 is 19.1 Å². The molecule has 0 saturated heterocycles. The molecule has 0 radical (unpaired) electrons. The second kappa shape index (κ2) is 11.7. The average molecular weight is 459 g/mol. The van der Waals surface area contributed by atoms with Crippen LogP contribution in [0.4, 0.5) is 9.59 Å². The van der Waals surface area contributed by atoms with Gasteiger partial charge < -0.3 is 29.2 Å². The highest BCUT2D eigenvalue weighted by molar-refractivity contribution is 5.67. The first-order chi connectivity index (χ1) is 16.2. The van der Waals surface area contributed by atoms with Gasteiger partial charge in [-0.05, 0) is 12.8 Å². The van der Waals surface area contributed by atoms with Crippen LogP contribution in [-0.2, 0) is 22.6 Å². The van der Waals surface area contributed by atoms with E-state index in [0.29, 0.717) is 13.1 Å². The summed E-state index contributed by atoms with van der Waals surface area (Å²) in [5.74, 6) is 1.66. The number of amides is 2. The molecule has 0 fully saturated rings. The first kappa shape index (κ1) is 23.1. The number of hydrogen-bond donors (Lipinski definition) is 2. The van der Waals surface area contributed by atoms with E-state index in [-0.39, 0.29) is 24.4 Å². The van der Waals surface area contributed by atoms with Crippen molar-refractivity contribution >= 4 is 12.2 Å². The Labute approximate surface area is 194 Å². The van der Waals surface area contributed by atoms with Crippen LogP contribution in [-0.4, -0.2) is 44.4 Å². The highest BCUT2D eigenvalue weighted by Gasteiger charge is 2.27. The summed E-state index contributed by atoms with van der Waals surface area (Å²) in [4.78, 5) is 32.4. The van der Waals surface area contributed by atoms with Crippen LogP contribution in [0.15, 0.2) is 24.8 Å². The highest BCUT2D eigenvalue weighted by atomic mass is 16.6. The molecule has 2 amide bonds. The number of carbonyl (C=O) groups excluding carboxylic acids is 2. The molecule has 0 spiro atoms. The first-order valence-corrected chi connectivity index (χ1v) is 12.1. The molecule has 2 aliphatic rings. The van der Waals surface area contributed by atoms with Gasteiger partial charge in [-0.2, -0.15) is 0 Å². The summed E-state index contributed by atoms with van der Waals surface area (Å²) in [6.07, 6.45) is 15.2. The van der Waals surface area contributed by atoms with Crippen LogP contribution in [0.5, 0.6) is 0 Å². The molecule has 2 atom stereocenters. The van der Waals surface area contributed by atoms with Crippen LogP contribution >= 0.6 is 0 Å². The van der Waals surface area contributed by atoms with Gasteiger partial charge in [-0.1, -0.05) is 32.1 Å². The van der Waals surface area contributed by atoms with Crippen molar-refractivity contribution in [2.75, 3.05) is 13.1 Å². The lowest BCUT2D eigenvalue weighted by atomic mass is 10.1. The van der Waals surface area contributed by atoms with Crippen LogP contribution in [0, 0.1) is 0 Å². The molecule has 2 aromatic rings. The SMILES string of the molecule is O=C(NCCCCCCCCCNC(=O)O[C@@H]1CCn2ccnc21)OC1CCn2ccnc21. The van der Waals surface area contributed by atoms with E-state index in [1.807, 2.05) is 21.5 Å². The standard InChI is InChI=1S/C23H34N6O4/c30-22(32-18-8-14-28-16-12-24-20(18)28)26-10-6-4-2-1-3-5-7-11-27-23(31)33-19-9-15-29-17-13-25-21(19)29/h12-13,16-19H,1-11,14-15H2,(H,26,30)(H,27,31)/t18-,19?/m1/s1. The maximum absolute atomic E-state index is 11.9. The summed E-state index contributed by atoms with van der Waals surface area (Å²) in [7, 11) is 0. The zero-order valence-corrected chi connectivity index (χ0v) is 19.1. The average Bonchev–Trinajstić information content (AvgIpc) is 3.57. The predicted molar refractivity (Wildman–Crippen MR) is 120 cm³/mol. The fraction of sp³-hybridized carbons (Fsp3) is 0.652. The lowest BCUT2D eigenvalue weighted by molar-refractivity contribution is 0.0954. The quantitative estimate of drug-likeness (QED) is 0.467. The Morgan fingerprint density at radius 3 is 1.64 bits per heavy atom. The Bertz CT molecular complexity index is 838. The van der Waals surface area contributed by atoms with Crippen molar-refractivity contribution in [2.24, 2.45) is 0 Å². The van der Waals surface area contributed by atoms with Crippen molar-refractivity contribution in [1.82, 2.24) is 29.7 Å². The number of aromatic nitrogens is 4. The Hall–Kier alpha value is -3.04. The topological polar surface area (TPSA) is 112 Å². The minimum Gasteiger partial charge on any atom is -0.438 e. The normalized spacial score (nSPS) is 18.5. The number of fused-ring (bicyclic) bond motifs is 2. The van der Waals surface area contributed by atoms with Crippen LogP contribution in [0.2, 0.25) is 0 Å². The second-order valence-corrected chi connectivity index (χ2v) is 8.65. The minimum absolute atomic E-state index is 0.233. The number of rotatable bonds is 12. The molecule has 2 aliphatic heterocycles. The smallest absolute Gasteiger partial charge is 0.407 e. The summed E-state index contributed by atoms with van der Waals surface area (Å²) in [6, 6.07) is 0. The molecule has 0 bridgehead atoms. The number of aryl methyl sites for hydroxylation is 2. The molecule has 2 aromatic heterocycles. The lowest BCUT2D eigenvalue weighted by Gasteiger charge is -2.12. The fourth-order valence-electron chi connectivity index (χ4n) is 4.45. The summed E-state index contributed by atoms with van der Waals surface area (Å²) in [5, 5.41) is 5.67. The highest BCUT2D eigenvalue weighted by Crippen LogP contribution is 2.28. The molecular formula is C23H34N6O4. The van der Waals surface area contributed by atoms with E-state index >= 15 is 0 Å². The third-order valence-electron chi connectivity index (χ3n) is 6.23. The fourth-order valence-corrected chi connectivity index (χ4v) is 4.45. The van der Waals surface area contributed by atoms with Gasteiger partial charge in [-0.25, -0.2) is 19.6 Å². The summed E-state index contributed by atoms with van der Waals surface area (Å²) in [6.45, 7) is 2.96. The first-order valence-electron chi connectivity index (χ1n) is 12.1. The molecular weight excluding hydrogens is 424 g/mol. The van der Waals surface area contributed by atoms with Gasteiger partial charge in [0.15, 0.2) is 12.2 Å². The summed E-state index contributed by atoms with van der Waals surface area (Å²) in [5.41, 5.74) is 0. The molecule has 180 valence electrons. The zero-order chi connectivity index (χ0) is 22.9. The number of alkyl carbamates (subject to hydrolysis) is 2. The number of ether oxygens (including phenoxy) is 2. The van der Waals surface area contributed by atoms with E-state index in [0.717, 1.165) is 82.5 Å². The molecule has 4 rings (SSSR count). The number of nitrogens with one attached hydrogen (secondary N) is 2. The summed E-state index contributed by atoms with van der Waals surface area (Å²) < 4.78 is 15.0. The van der Waals surface area contributed by atoms with Gasteiger partial charge in [0.25, 0.3) is 0 Å². The van der Waals surface area contributed by atoms with E-state index in [2.05, 4.69) is 20.6 Å². The van der Waals surface area contributed by atoms with Gasteiger partial charge in [0, 0.05) is 63.8 Å². The summed E-state index contributed by atoms with van der Waals surface area (Å²) >= 11 is 0. The van der Waals surface area contributed by atoms with Gasteiger partial charge in [0.1, 0.15) is 11.6 Å². The Balaban J connectivity index is 0.931. The van der Waals surface area contributed by atoms with Gasteiger partial charge in [-0.15, -0.1) is 0 Å². The largest absolute Gasteiger partial charge is 0.438 e. The lowest BCUT2D eigenvalue weighted by Crippen LogP contribution is -2.26. The van der Waals surface area contributed by atoms with Crippen LogP contribution in [0.25, 0.3) is 0 Å². The molecule has 33 heavy (non-hydrogen) atoms. The molecule has 0 saturated carbocycles. The molecule has 10 heteroatoms. The number of carbonyl (C=O) groups is 2. The van der Waals surface area contributed by atoms with Gasteiger partial charge in [0.2, 0.25) is 0 Å². The third kappa shape index (κ3) is 6.49. The van der Waals surface area contributed by atoms with Gasteiger partial charge in [0.05, 0.1) is 0 Å². The second-order valence-electron chi connectivity index (χ2n) is 8.65. The van der Waals surface area contributed by atoms with Crippen molar-refractivity contribution in [3.8, 4) is 0 Å². The number of unbranched alkanes of at least 4 members (excludes halogenated alkanes) is 6. The molecule has 10 nitrogen and oxygen atoms in total. The Morgan fingerprint density at radius 2 is 1.18 bits per heavy atom. The number of nitrogens with zero attached hydrogens (tertiary/aromatic N) is 4. The Morgan fingerprint density at radius 1 is 0.758 bits per heavy atom. The molecule has 4 heterocycles. The van der Waals surface area contributed by atoms with Crippen molar-refractivity contribution in [3.05, 3.63) is 36.4 Å². The van der Waals surface area contributed by atoms with Gasteiger partial charge >= 0.3 is 12.2 Å². The van der Waals surface area contributed by atoms with Crippen LogP contribution < -0.4 is 10.6 Å². The maximum atomic E-state index is 11.9. The van der Waals surface area contributed by atoms with Crippen LogP contribution in [0.1, 0.15) is 81.6 Å². The zero-order valence-electron chi connectivity index (χ0n) is 19.1. The van der Waals surface area contributed by atoms with E-state index in [1.54, 1.807) is 12.4 Å². The van der Waals surface area contributed by atoms with E-state index in [4.69, 9.17) is 9.47 Å². The maximum Gasteiger partial charge on any atom is 0.407 e. The molecule has 0 aromatic carbocycles. The van der Waals surface area contributed by atoms with E-state index in [9.17, 15) is 9.59 Å². The van der Waals surface area contributed by atoms with Crippen molar-refractivity contribution in [3.63, 3.8) is 0 Å². The number of hydrogen-bond acceptors (Lipinski definition) is 6. The van der Waals surface area contributed by atoms with E-state index < -0.39 is 0 Å². The molecule has 0 aliphatic carbocycles. The predicted octanol–water partition coefficient (Wildman–Crippen LogP) is 3.85. The minimum atomic E-state index is -0.361. The van der Waals surface area contributed by atoms with Crippen molar-refractivity contribution in [2.45, 2.75) is 83.1 Å². The number of imidazole rings is 2. The van der Waals surface area contributed by atoms with Gasteiger partial charge in [-0.3, -0.25) is 0 Å². The molecule has 2 N–H and O–H groups in total. The van der Waals surface area contributed by atoms with E-state index in [1.165, 1.54) is 0 Å². The monoisotopic (exact) mass is 458 g/mol. The van der Waals surface area contributed by atoms with Crippen molar-refractivity contribution in [1.29, 1.82) is 0 Å². The third-order valence-corrected chi connectivity index (χ3v) is 6.23. The van der Waals surface area contributed by atoms with Crippen LogP contribution in [0.3, 0.4) is 0 Å².